The molecule has 0 amide bonds. The van der Waals surface area contributed by atoms with Gasteiger partial charge in [-0.2, -0.15) is 0 Å². The Morgan fingerprint density at radius 3 is 2.05 bits per heavy atom. The lowest BCUT2D eigenvalue weighted by Gasteiger charge is -2.28. The number of hydrogen-bond donors (Lipinski definition) is 2. The standard InChI is InChI=1S/C13H24N2O5/c16-12(17)2-6-14(7-3-13(18)19)4-1-5-15-8-10-20-11-9-15/h1-11H2,(H,16,17)(H,18,19). The van der Waals surface area contributed by atoms with Gasteiger partial charge in [-0.15, -0.1) is 0 Å². The predicted molar refractivity (Wildman–Crippen MR) is 72.8 cm³/mol. The molecule has 1 aliphatic heterocycles. The van der Waals surface area contributed by atoms with E-state index in [0.717, 1.165) is 45.8 Å². The number of carbonyl (C=O) groups is 2. The Hall–Kier alpha value is -1.18. The van der Waals surface area contributed by atoms with E-state index in [-0.39, 0.29) is 12.8 Å². The highest BCUT2D eigenvalue weighted by Gasteiger charge is 2.12. The maximum absolute atomic E-state index is 10.6. The minimum Gasteiger partial charge on any atom is -0.481 e. The Morgan fingerprint density at radius 2 is 1.55 bits per heavy atom. The van der Waals surface area contributed by atoms with Crippen LogP contribution in [0.25, 0.3) is 0 Å². The quantitative estimate of drug-likeness (QED) is 0.583. The van der Waals surface area contributed by atoms with Crippen molar-refractivity contribution in [2.45, 2.75) is 19.3 Å². The topological polar surface area (TPSA) is 90.3 Å². The van der Waals surface area contributed by atoms with Gasteiger partial charge < -0.3 is 19.8 Å². The van der Waals surface area contributed by atoms with Crippen LogP contribution in [0.4, 0.5) is 0 Å². The van der Waals surface area contributed by atoms with Crippen LogP contribution < -0.4 is 0 Å². The molecule has 0 saturated carbocycles. The van der Waals surface area contributed by atoms with Crippen LogP contribution in [0.15, 0.2) is 0 Å². The van der Waals surface area contributed by atoms with Crippen molar-refractivity contribution < 1.29 is 24.5 Å². The zero-order valence-corrected chi connectivity index (χ0v) is 11.8. The lowest BCUT2D eigenvalue weighted by atomic mass is 10.2. The van der Waals surface area contributed by atoms with Crippen molar-refractivity contribution in [2.24, 2.45) is 0 Å². The molecule has 0 atom stereocenters. The molecule has 0 radical (unpaired) electrons. The van der Waals surface area contributed by atoms with Gasteiger partial charge in [0.1, 0.15) is 0 Å². The second-order valence-electron chi connectivity index (χ2n) is 4.94. The highest BCUT2D eigenvalue weighted by atomic mass is 16.5. The molecule has 1 fully saturated rings. The molecule has 0 aliphatic carbocycles. The van der Waals surface area contributed by atoms with Crippen LogP contribution in [0.5, 0.6) is 0 Å². The van der Waals surface area contributed by atoms with Crippen LogP contribution in [0.1, 0.15) is 19.3 Å². The van der Waals surface area contributed by atoms with Crippen molar-refractivity contribution in [3.8, 4) is 0 Å². The molecule has 20 heavy (non-hydrogen) atoms. The van der Waals surface area contributed by atoms with Crippen molar-refractivity contribution in [1.82, 2.24) is 9.80 Å². The van der Waals surface area contributed by atoms with E-state index in [1.165, 1.54) is 0 Å². The summed E-state index contributed by atoms with van der Waals surface area (Å²) in [6.45, 7) is 5.90. The molecular weight excluding hydrogens is 264 g/mol. The third kappa shape index (κ3) is 8.08. The molecule has 0 spiro atoms. The molecule has 7 heteroatoms. The summed E-state index contributed by atoms with van der Waals surface area (Å²) in [7, 11) is 0. The monoisotopic (exact) mass is 288 g/mol. The maximum atomic E-state index is 10.6. The normalized spacial score (nSPS) is 16.4. The van der Waals surface area contributed by atoms with Crippen molar-refractivity contribution in [3.63, 3.8) is 0 Å². The Bertz CT molecular complexity index is 287. The Balaban J connectivity index is 2.22. The minimum atomic E-state index is -0.849. The molecule has 0 aromatic rings. The maximum Gasteiger partial charge on any atom is 0.304 e. The molecule has 1 rings (SSSR count). The van der Waals surface area contributed by atoms with Gasteiger partial charge in [-0.1, -0.05) is 0 Å². The van der Waals surface area contributed by atoms with Gasteiger partial charge in [-0.25, -0.2) is 0 Å². The minimum absolute atomic E-state index is 0.0528. The van der Waals surface area contributed by atoms with Gasteiger partial charge in [-0.05, 0) is 19.5 Å². The Morgan fingerprint density at radius 1 is 1.00 bits per heavy atom. The van der Waals surface area contributed by atoms with E-state index in [9.17, 15) is 9.59 Å². The summed E-state index contributed by atoms with van der Waals surface area (Å²) in [5, 5.41) is 17.4. The van der Waals surface area contributed by atoms with Gasteiger partial charge in [0.15, 0.2) is 0 Å². The number of carboxylic acids is 2. The Labute approximate surface area is 119 Å². The first-order valence-corrected chi connectivity index (χ1v) is 7.04. The summed E-state index contributed by atoms with van der Waals surface area (Å²) in [5.74, 6) is -1.70. The second-order valence-corrected chi connectivity index (χ2v) is 4.94. The largest absolute Gasteiger partial charge is 0.481 e. The van der Waals surface area contributed by atoms with Gasteiger partial charge in [-0.3, -0.25) is 14.5 Å². The Kier molecular flexibility index (Phi) is 8.17. The smallest absolute Gasteiger partial charge is 0.304 e. The summed E-state index contributed by atoms with van der Waals surface area (Å²) in [6, 6.07) is 0. The first-order valence-electron chi connectivity index (χ1n) is 7.04. The zero-order valence-electron chi connectivity index (χ0n) is 11.8. The lowest BCUT2D eigenvalue weighted by molar-refractivity contribution is -0.137. The number of nitrogens with zero attached hydrogens (tertiary/aromatic N) is 2. The molecular formula is C13H24N2O5. The summed E-state index contributed by atoms with van der Waals surface area (Å²) in [4.78, 5) is 25.4. The van der Waals surface area contributed by atoms with E-state index in [1.807, 2.05) is 4.90 Å². The average molecular weight is 288 g/mol. The molecule has 1 heterocycles. The van der Waals surface area contributed by atoms with E-state index >= 15 is 0 Å². The number of rotatable bonds is 10. The molecule has 7 nitrogen and oxygen atoms in total. The van der Waals surface area contributed by atoms with Gasteiger partial charge in [0.2, 0.25) is 0 Å². The summed E-state index contributed by atoms with van der Waals surface area (Å²) in [5.41, 5.74) is 0. The van der Waals surface area contributed by atoms with Gasteiger partial charge >= 0.3 is 11.9 Å². The predicted octanol–water partition coefficient (Wildman–Crippen LogP) is -0.0399. The molecule has 0 unspecified atom stereocenters. The van der Waals surface area contributed by atoms with Crippen LogP contribution in [-0.2, 0) is 14.3 Å². The van der Waals surface area contributed by atoms with Crippen LogP contribution in [0, 0.1) is 0 Å². The number of aliphatic carboxylic acids is 2. The van der Waals surface area contributed by atoms with E-state index in [1.54, 1.807) is 0 Å². The van der Waals surface area contributed by atoms with E-state index < -0.39 is 11.9 Å². The van der Waals surface area contributed by atoms with E-state index in [2.05, 4.69) is 4.90 Å². The van der Waals surface area contributed by atoms with Crippen molar-refractivity contribution in [1.29, 1.82) is 0 Å². The van der Waals surface area contributed by atoms with Gasteiger partial charge in [0, 0.05) is 26.2 Å². The van der Waals surface area contributed by atoms with Crippen molar-refractivity contribution in [3.05, 3.63) is 0 Å². The van der Waals surface area contributed by atoms with Crippen LogP contribution in [-0.4, -0.2) is 84.4 Å². The molecule has 0 aromatic heterocycles. The van der Waals surface area contributed by atoms with Gasteiger partial charge in [0.25, 0.3) is 0 Å². The highest BCUT2D eigenvalue weighted by molar-refractivity contribution is 5.67. The number of morpholine rings is 1. The zero-order chi connectivity index (χ0) is 14.8. The van der Waals surface area contributed by atoms with Crippen molar-refractivity contribution >= 4 is 11.9 Å². The molecule has 116 valence electrons. The summed E-state index contributed by atoms with van der Waals surface area (Å²) in [6.07, 6.45) is 1.02. The van der Waals surface area contributed by atoms with Gasteiger partial charge in [0.05, 0.1) is 26.1 Å². The fourth-order valence-electron chi connectivity index (χ4n) is 2.19. The summed E-state index contributed by atoms with van der Waals surface area (Å²) >= 11 is 0. The van der Waals surface area contributed by atoms with E-state index in [4.69, 9.17) is 14.9 Å². The fourth-order valence-corrected chi connectivity index (χ4v) is 2.19. The van der Waals surface area contributed by atoms with E-state index in [0.29, 0.717) is 13.1 Å². The fraction of sp³-hybridized carbons (Fsp3) is 0.846. The lowest BCUT2D eigenvalue weighted by Crippen LogP contribution is -2.38. The molecule has 0 bridgehead atoms. The molecule has 1 saturated heterocycles. The second kappa shape index (κ2) is 9.68. The highest BCUT2D eigenvalue weighted by Crippen LogP contribution is 2.01. The van der Waals surface area contributed by atoms with Crippen LogP contribution >= 0.6 is 0 Å². The molecule has 1 aliphatic rings. The first-order chi connectivity index (χ1) is 9.58. The molecule has 2 N–H and O–H groups in total. The molecule has 0 aromatic carbocycles. The number of ether oxygens (including phenoxy) is 1. The number of hydrogen-bond acceptors (Lipinski definition) is 5. The first kappa shape index (κ1) is 16.9. The number of carboxylic acid groups (broad SMARTS) is 2. The van der Waals surface area contributed by atoms with Crippen LogP contribution in [0.2, 0.25) is 0 Å². The third-order valence-electron chi connectivity index (χ3n) is 3.34. The van der Waals surface area contributed by atoms with Crippen molar-refractivity contribution in [2.75, 3.05) is 52.5 Å². The summed E-state index contributed by atoms with van der Waals surface area (Å²) < 4.78 is 5.27. The average Bonchev–Trinajstić information content (AvgIpc) is 2.42. The SMILES string of the molecule is O=C(O)CCN(CCCN1CCOCC1)CCC(=O)O. The van der Waals surface area contributed by atoms with Crippen LogP contribution in [0.3, 0.4) is 0 Å². The third-order valence-corrected chi connectivity index (χ3v) is 3.34.